The fourth-order valence-corrected chi connectivity index (χ4v) is 4.45. The van der Waals surface area contributed by atoms with Crippen LogP contribution in [-0.2, 0) is 4.79 Å². The lowest BCUT2D eigenvalue weighted by Gasteiger charge is -2.31. The van der Waals surface area contributed by atoms with E-state index >= 15 is 0 Å². The van der Waals surface area contributed by atoms with Crippen molar-refractivity contribution in [3.63, 3.8) is 0 Å². The molecule has 3 heterocycles. The van der Waals surface area contributed by atoms with Gasteiger partial charge in [-0.3, -0.25) is 4.79 Å². The number of fused-ring (bicyclic) bond motifs is 2. The quantitative estimate of drug-likeness (QED) is 0.399. The highest BCUT2D eigenvalue weighted by molar-refractivity contribution is 6.31. The van der Waals surface area contributed by atoms with Crippen LogP contribution in [0.5, 0.6) is 11.5 Å². The van der Waals surface area contributed by atoms with E-state index in [1.807, 2.05) is 47.2 Å². The molecule has 1 amide bonds. The number of hydrogen-bond donors (Lipinski definition) is 0. The van der Waals surface area contributed by atoms with Crippen LogP contribution in [0.2, 0.25) is 5.02 Å². The Morgan fingerprint density at radius 2 is 1.97 bits per heavy atom. The highest BCUT2D eigenvalue weighted by atomic mass is 35.5. The largest absolute Gasteiger partial charge is 0.493 e. The van der Waals surface area contributed by atoms with Crippen LogP contribution >= 0.6 is 11.6 Å². The number of methoxy groups -OCH3 is 1. The highest BCUT2D eigenvalue weighted by Gasteiger charge is 2.24. The molecule has 0 spiro atoms. The Kier molecular flexibility index (Phi) is 5.64. The molecule has 7 nitrogen and oxygen atoms in total. The predicted molar refractivity (Wildman–Crippen MR) is 128 cm³/mol. The molecule has 0 radical (unpaired) electrons. The molecule has 0 N–H and O–H groups in total. The van der Waals surface area contributed by atoms with Crippen molar-refractivity contribution in [2.45, 2.75) is 18.9 Å². The number of hydrogen-bond acceptors (Lipinski definition) is 5. The van der Waals surface area contributed by atoms with E-state index < -0.39 is 0 Å². The van der Waals surface area contributed by atoms with Gasteiger partial charge in [0, 0.05) is 54.0 Å². The van der Waals surface area contributed by atoms with Gasteiger partial charge in [0.05, 0.1) is 18.1 Å². The van der Waals surface area contributed by atoms with Gasteiger partial charge in [0.15, 0.2) is 11.5 Å². The summed E-state index contributed by atoms with van der Waals surface area (Å²) in [5, 5.41) is 2.56. The number of halogens is 1. The molecule has 1 aliphatic heterocycles. The second-order valence-electron chi connectivity index (χ2n) is 7.95. The Labute approximate surface area is 196 Å². The summed E-state index contributed by atoms with van der Waals surface area (Å²) in [7, 11) is 1.61. The first kappa shape index (κ1) is 21.3. The van der Waals surface area contributed by atoms with Gasteiger partial charge in [-0.15, -0.1) is 0 Å². The number of benzene rings is 2. The maximum absolute atomic E-state index is 11.9. The summed E-state index contributed by atoms with van der Waals surface area (Å²) in [5.41, 5.74) is 1.71. The van der Waals surface area contributed by atoms with Crippen molar-refractivity contribution >= 4 is 39.3 Å². The number of amides is 1. The Hall–Kier alpha value is -3.58. The minimum atomic E-state index is -0.0439. The van der Waals surface area contributed by atoms with Gasteiger partial charge in [-0.1, -0.05) is 24.2 Å². The molecule has 2 aromatic carbocycles. The fraction of sp³-hybridized carbons (Fsp3) is 0.240. The summed E-state index contributed by atoms with van der Waals surface area (Å²) in [6.07, 6.45) is 6.32. The molecule has 4 aromatic rings. The minimum Gasteiger partial charge on any atom is -0.493 e. The van der Waals surface area contributed by atoms with E-state index in [1.165, 1.54) is 6.08 Å². The van der Waals surface area contributed by atoms with Crippen LogP contribution in [0, 0.1) is 0 Å². The molecule has 0 unspecified atom stereocenters. The number of piperidine rings is 1. The van der Waals surface area contributed by atoms with Crippen molar-refractivity contribution < 1.29 is 14.3 Å². The summed E-state index contributed by atoms with van der Waals surface area (Å²) in [5.74, 6) is 1.93. The van der Waals surface area contributed by atoms with Crippen molar-refractivity contribution in [3.05, 3.63) is 66.6 Å². The van der Waals surface area contributed by atoms with Crippen molar-refractivity contribution in [2.75, 3.05) is 20.2 Å². The van der Waals surface area contributed by atoms with E-state index in [2.05, 4.69) is 16.5 Å². The standard InChI is InChI=1S/C25H23ClN4O3/c1-3-24(31)29-9-7-18(8-10-29)33-23-13-19-20(14-22(23)32-2)27-15-28-25(19)30-11-6-16-4-5-17(26)12-21(16)30/h3-6,11-15,18H,1,7-10H2,2H3. The molecule has 0 bridgehead atoms. The zero-order valence-corrected chi connectivity index (χ0v) is 19.0. The summed E-state index contributed by atoms with van der Waals surface area (Å²) in [6.45, 7) is 4.84. The van der Waals surface area contributed by atoms with E-state index in [1.54, 1.807) is 18.3 Å². The zero-order valence-electron chi connectivity index (χ0n) is 18.2. The van der Waals surface area contributed by atoms with Gasteiger partial charge < -0.3 is 18.9 Å². The van der Waals surface area contributed by atoms with Crippen LogP contribution in [0.15, 0.2) is 61.6 Å². The average molecular weight is 463 g/mol. The van der Waals surface area contributed by atoms with Gasteiger partial charge in [-0.2, -0.15) is 0 Å². The van der Waals surface area contributed by atoms with Crippen LogP contribution in [0.1, 0.15) is 12.8 Å². The first-order valence-electron chi connectivity index (χ1n) is 10.7. The number of carbonyl (C=O) groups is 1. The third-order valence-electron chi connectivity index (χ3n) is 6.00. The first-order chi connectivity index (χ1) is 16.1. The Bertz CT molecular complexity index is 1360. The van der Waals surface area contributed by atoms with Crippen molar-refractivity contribution in [1.82, 2.24) is 19.4 Å². The second-order valence-corrected chi connectivity index (χ2v) is 8.39. The molecule has 0 atom stereocenters. The van der Waals surface area contributed by atoms with Gasteiger partial charge >= 0.3 is 0 Å². The number of ether oxygens (including phenoxy) is 2. The maximum atomic E-state index is 11.9. The monoisotopic (exact) mass is 462 g/mol. The van der Waals surface area contributed by atoms with Crippen molar-refractivity contribution in [2.24, 2.45) is 0 Å². The summed E-state index contributed by atoms with van der Waals surface area (Å²) in [4.78, 5) is 22.7. The normalized spacial score (nSPS) is 14.5. The number of carbonyl (C=O) groups excluding carboxylic acids is 1. The van der Waals surface area contributed by atoms with E-state index in [-0.39, 0.29) is 12.0 Å². The molecule has 33 heavy (non-hydrogen) atoms. The van der Waals surface area contributed by atoms with E-state index in [0.717, 1.165) is 40.5 Å². The molecule has 2 aromatic heterocycles. The Morgan fingerprint density at radius 1 is 1.15 bits per heavy atom. The van der Waals surface area contributed by atoms with Crippen LogP contribution in [-0.4, -0.2) is 51.6 Å². The van der Waals surface area contributed by atoms with E-state index in [0.29, 0.717) is 29.6 Å². The highest BCUT2D eigenvalue weighted by Crippen LogP contribution is 2.36. The van der Waals surface area contributed by atoms with Gasteiger partial charge in [-0.05, 0) is 30.3 Å². The van der Waals surface area contributed by atoms with Crippen LogP contribution < -0.4 is 9.47 Å². The maximum Gasteiger partial charge on any atom is 0.245 e. The first-order valence-corrected chi connectivity index (χ1v) is 11.1. The third kappa shape index (κ3) is 4.00. The van der Waals surface area contributed by atoms with Gasteiger partial charge in [0.25, 0.3) is 0 Å². The Balaban J connectivity index is 1.52. The van der Waals surface area contributed by atoms with E-state index in [9.17, 15) is 4.79 Å². The molecule has 8 heteroatoms. The lowest BCUT2D eigenvalue weighted by atomic mass is 10.1. The summed E-state index contributed by atoms with van der Waals surface area (Å²) < 4.78 is 14.0. The number of nitrogens with zero attached hydrogens (tertiary/aromatic N) is 4. The van der Waals surface area contributed by atoms with Crippen LogP contribution in [0.4, 0.5) is 0 Å². The Morgan fingerprint density at radius 3 is 2.73 bits per heavy atom. The number of likely N-dealkylation sites (tertiary alicyclic amines) is 1. The minimum absolute atomic E-state index is 0.0236. The van der Waals surface area contributed by atoms with E-state index in [4.69, 9.17) is 21.1 Å². The molecule has 0 saturated carbocycles. The third-order valence-corrected chi connectivity index (χ3v) is 6.24. The number of rotatable bonds is 5. The molecule has 0 aliphatic carbocycles. The van der Waals surface area contributed by atoms with Gasteiger partial charge in [-0.25, -0.2) is 9.97 Å². The smallest absolute Gasteiger partial charge is 0.245 e. The zero-order chi connectivity index (χ0) is 22.9. The van der Waals surface area contributed by atoms with Crippen molar-refractivity contribution in [3.8, 4) is 17.3 Å². The second kappa shape index (κ2) is 8.75. The molecule has 1 aliphatic rings. The molecule has 1 saturated heterocycles. The van der Waals surface area contributed by atoms with Gasteiger partial charge in [0.1, 0.15) is 18.2 Å². The molecule has 168 valence electrons. The lowest BCUT2D eigenvalue weighted by Crippen LogP contribution is -2.41. The lowest BCUT2D eigenvalue weighted by molar-refractivity contribution is -0.127. The summed E-state index contributed by atoms with van der Waals surface area (Å²) in [6, 6.07) is 11.6. The van der Waals surface area contributed by atoms with Crippen molar-refractivity contribution in [1.29, 1.82) is 0 Å². The SMILES string of the molecule is C=CC(=O)N1CCC(Oc2cc3c(-n4ccc5ccc(Cl)cc54)ncnc3cc2OC)CC1. The van der Waals surface area contributed by atoms with Crippen LogP contribution in [0.3, 0.4) is 0 Å². The summed E-state index contributed by atoms with van der Waals surface area (Å²) >= 11 is 6.25. The van der Waals surface area contributed by atoms with Crippen LogP contribution in [0.25, 0.3) is 27.6 Å². The fourth-order valence-electron chi connectivity index (χ4n) is 4.28. The average Bonchev–Trinajstić information content (AvgIpc) is 3.26. The number of aromatic nitrogens is 3. The molecular formula is C25H23ClN4O3. The topological polar surface area (TPSA) is 69.5 Å². The molecule has 1 fully saturated rings. The van der Waals surface area contributed by atoms with Gasteiger partial charge in [0.2, 0.25) is 5.91 Å². The molecule has 5 rings (SSSR count). The predicted octanol–water partition coefficient (Wildman–Crippen LogP) is 4.79. The molecular weight excluding hydrogens is 440 g/mol.